The summed E-state index contributed by atoms with van der Waals surface area (Å²) in [6.07, 6.45) is -4.80. The Kier molecular flexibility index (Phi) is 5.09. The van der Waals surface area contributed by atoms with Crippen LogP contribution in [-0.4, -0.2) is 55.4 Å². The number of rotatable bonds is 4. The van der Waals surface area contributed by atoms with Crippen LogP contribution in [0.2, 0.25) is 0 Å². The second-order valence-electron chi connectivity index (χ2n) is 5.46. The minimum absolute atomic E-state index is 0.0219. The van der Waals surface area contributed by atoms with Gasteiger partial charge < -0.3 is 19.5 Å². The number of hydrogen-bond donors (Lipinski definition) is 1. The molecule has 0 radical (unpaired) electrons. The molecule has 0 spiro atoms. The highest BCUT2D eigenvalue weighted by molar-refractivity contribution is 5.98. The average Bonchev–Trinajstić information content (AvgIpc) is 2.99. The van der Waals surface area contributed by atoms with Gasteiger partial charge in [0, 0.05) is 13.1 Å². The normalized spacial score (nSPS) is 20.5. The molecular formula is C15H15F4NO5. The molecule has 1 heterocycles. The molecule has 25 heavy (non-hydrogen) atoms. The van der Waals surface area contributed by atoms with Gasteiger partial charge in [0.25, 0.3) is 5.91 Å². The summed E-state index contributed by atoms with van der Waals surface area (Å²) < 4.78 is 63.1. The number of likely N-dealkylation sites (tertiary alicyclic amines) is 1. The maximum Gasteiger partial charge on any atom is 0.394 e. The van der Waals surface area contributed by atoms with E-state index in [9.17, 15) is 27.2 Å². The standard InChI is InChI=1S/C15H15F4NO5/c1-24-10-4-3-9(16)11(12(10)25-2)13(21)20-5-7(14(22)23)8(6-20)15(17,18)19/h3-4,7-8H,5-6H2,1-2H3,(H,22,23)/t7-,8-/m1/s1. The van der Waals surface area contributed by atoms with Crippen molar-refractivity contribution in [2.75, 3.05) is 27.3 Å². The van der Waals surface area contributed by atoms with Crippen LogP contribution in [0, 0.1) is 17.7 Å². The maximum atomic E-state index is 14.1. The highest BCUT2D eigenvalue weighted by atomic mass is 19.4. The second kappa shape index (κ2) is 6.77. The number of amides is 1. The van der Waals surface area contributed by atoms with E-state index in [2.05, 4.69) is 0 Å². The number of carboxylic acids is 1. The molecule has 2 rings (SSSR count). The van der Waals surface area contributed by atoms with E-state index in [0.29, 0.717) is 4.90 Å². The zero-order valence-corrected chi connectivity index (χ0v) is 13.3. The van der Waals surface area contributed by atoms with E-state index in [-0.39, 0.29) is 11.5 Å². The average molecular weight is 365 g/mol. The van der Waals surface area contributed by atoms with Crippen molar-refractivity contribution in [1.82, 2.24) is 4.90 Å². The first-order valence-electron chi connectivity index (χ1n) is 7.11. The van der Waals surface area contributed by atoms with Gasteiger partial charge in [0.1, 0.15) is 11.4 Å². The topological polar surface area (TPSA) is 76.1 Å². The Morgan fingerprint density at radius 3 is 2.28 bits per heavy atom. The lowest BCUT2D eigenvalue weighted by Crippen LogP contribution is -2.34. The van der Waals surface area contributed by atoms with E-state index < -0.39 is 54.4 Å². The van der Waals surface area contributed by atoms with Crippen molar-refractivity contribution in [2.24, 2.45) is 11.8 Å². The summed E-state index contributed by atoms with van der Waals surface area (Å²) in [4.78, 5) is 24.3. The van der Waals surface area contributed by atoms with Gasteiger partial charge in [0.05, 0.1) is 26.1 Å². The lowest BCUT2D eigenvalue weighted by molar-refractivity contribution is -0.187. The molecule has 1 fully saturated rings. The van der Waals surface area contributed by atoms with Crippen molar-refractivity contribution in [3.05, 3.63) is 23.5 Å². The van der Waals surface area contributed by atoms with E-state index in [0.717, 1.165) is 13.2 Å². The minimum atomic E-state index is -4.80. The maximum absolute atomic E-state index is 14.1. The highest BCUT2D eigenvalue weighted by Crippen LogP contribution is 2.40. The molecule has 10 heteroatoms. The number of nitrogens with zero attached hydrogens (tertiary/aromatic N) is 1. The fourth-order valence-electron chi connectivity index (χ4n) is 2.81. The smallest absolute Gasteiger partial charge is 0.394 e. The lowest BCUT2D eigenvalue weighted by Gasteiger charge is -2.20. The van der Waals surface area contributed by atoms with E-state index in [4.69, 9.17) is 14.6 Å². The Bertz CT molecular complexity index is 691. The molecule has 1 aromatic rings. The highest BCUT2D eigenvalue weighted by Gasteiger charge is 2.54. The number of carbonyl (C=O) groups excluding carboxylic acids is 1. The largest absolute Gasteiger partial charge is 0.493 e. The van der Waals surface area contributed by atoms with Crippen molar-refractivity contribution < 1.29 is 41.7 Å². The third-order valence-electron chi connectivity index (χ3n) is 4.05. The van der Waals surface area contributed by atoms with E-state index in [1.807, 2.05) is 0 Å². The zero-order valence-electron chi connectivity index (χ0n) is 13.3. The SMILES string of the molecule is COc1ccc(F)c(C(=O)N2C[C@@H](C(F)(F)F)[C@H](C(=O)O)C2)c1OC. The van der Waals surface area contributed by atoms with Crippen molar-refractivity contribution in [1.29, 1.82) is 0 Å². The quantitative estimate of drug-likeness (QED) is 0.828. The summed E-state index contributed by atoms with van der Waals surface area (Å²) >= 11 is 0. The molecule has 1 N–H and O–H groups in total. The van der Waals surface area contributed by atoms with Crippen LogP contribution in [0.5, 0.6) is 11.5 Å². The molecule has 1 amide bonds. The summed E-state index contributed by atoms with van der Waals surface area (Å²) in [5.41, 5.74) is -0.603. The lowest BCUT2D eigenvalue weighted by atomic mass is 9.96. The van der Waals surface area contributed by atoms with Gasteiger partial charge in [0.2, 0.25) is 0 Å². The predicted octanol–water partition coefficient (Wildman–Crippen LogP) is 2.18. The number of carboxylic acid groups (broad SMARTS) is 1. The number of ether oxygens (including phenoxy) is 2. The summed E-state index contributed by atoms with van der Waals surface area (Å²) in [5.74, 6) is -8.06. The van der Waals surface area contributed by atoms with Crippen molar-refractivity contribution in [3.63, 3.8) is 0 Å². The first kappa shape index (κ1) is 18.8. The number of alkyl halides is 3. The van der Waals surface area contributed by atoms with E-state index >= 15 is 0 Å². The molecular weight excluding hydrogens is 350 g/mol. The zero-order chi connectivity index (χ0) is 18.9. The van der Waals surface area contributed by atoms with Crippen LogP contribution in [0.25, 0.3) is 0 Å². The van der Waals surface area contributed by atoms with Crippen LogP contribution in [-0.2, 0) is 4.79 Å². The van der Waals surface area contributed by atoms with Gasteiger partial charge in [0.15, 0.2) is 11.5 Å². The molecule has 0 aliphatic carbocycles. The van der Waals surface area contributed by atoms with Gasteiger partial charge in [-0.1, -0.05) is 0 Å². The van der Waals surface area contributed by atoms with Crippen LogP contribution in [0.3, 0.4) is 0 Å². The van der Waals surface area contributed by atoms with Crippen LogP contribution >= 0.6 is 0 Å². The molecule has 0 bridgehead atoms. The molecule has 2 atom stereocenters. The van der Waals surface area contributed by atoms with Crippen LogP contribution in [0.4, 0.5) is 17.6 Å². The summed E-state index contributed by atoms with van der Waals surface area (Å²) in [6, 6.07) is 2.12. The first-order chi connectivity index (χ1) is 11.6. The van der Waals surface area contributed by atoms with Crippen LogP contribution < -0.4 is 9.47 Å². The third-order valence-corrected chi connectivity index (χ3v) is 4.05. The minimum Gasteiger partial charge on any atom is -0.493 e. The third kappa shape index (κ3) is 3.47. The molecule has 1 aliphatic heterocycles. The predicted molar refractivity (Wildman–Crippen MR) is 76.1 cm³/mol. The monoisotopic (exact) mass is 365 g/mol. The molecule has 138 valence electrons. The van der Waals surface area contributed by atoms with Crippen LogP contribution in [0.1, 0.15) is 10.4 Å². The number of aliphatic carboxylic acids is 1. The van der Waals surface area contributed by atoms with Gasteiger partial charge in [-0.05, 0) is 12.1 Å². The van der Waals surface area contributed by atoms with Gasteiger partial charge in [-0.3, -0.25) is 9.59 Å². The Morgan fingerprint density at radius 2 is 1.84 bits per heavy atom. The molecule has 1 saturated heterocycles. The number of benzene rings is 1. The molecule has 0 aromatic heterocycles. The van der Waals surface area contributed by atoms with Gasteiger partial charge >= 0.3 is 12.1 Å². The molecule has 1 aliphatic rings. The van der Waals surface area contributed by atoms with Gasteiger partial charge in [-0.25, -0.2) is 4.39 Å². The Morgan fingerprint density at radius 1 is 1.20 bits per heavy atom. The summed E-state index contributed by atoms with van der Waals surface area (Å²) in [7, 11) is 2.40. The number of methoxy groups -OCH3 is 2. The van der Waals surface area contributed by atoms with Crippen molar-refractivity contribution in [2.45, 2.75) is 6.18 Å². The molecule has 0 unspecified atom stereocenters. The number of halogens is 4. The van der Waals surface area contributed by atoms with Crippen molar-refractivity contribution >= 4 is 11.9 Å². The van der Waals surface area contributed by atoms with E-state index in [1.54, 1.807) is 0 Å². The molecule has 1 aromatic carbocycles. The van der Waals surface area contributed by atoms with E-state index in [1.165, 1.54) is 13.2 Å². The Balaban J connectivity index is 2.41. The van der Waals surface area contributed by atoms with Gasteiger partial charge in [-0.2, -0.15) is 13.2 Å². The fourth-order valence-corrected chi connectivity index (χ4v) is 2.81. The summed E-state index contributed by atoms with van der Waals surface area (Å²) in [6.45, 7) is -1.56. The van der Waals surface area contributed by atoms with Crippen LogP contribution in [0.15, 0.2) is 12.1 Å². The fraction of sp³-hybridized carbons (Fsp3) is 0.467. The second-order valence-corrected chi connectivity index (χ2v) is 5.46. The van der Waals surface area contributed by atoms with Crippen molar-refractivity contribution in [3.8, 4) is 11.5 Å². The van der Waals surface area contributed by atoms with Gasteiger partial charge in [-0.15, -0.1) is 0 Å². The first-order valence-corrected chi connectivity index (χ1v) is 7.11. The summed E-state index contributed by atoms with van der Waals surface area (Å²) in [5, 5.41) is 9.00. The number of carbonyl (C=O) groups is 2. The number of hydrogen-bond acceptors (Lipinski definition) is 4. The Labute approximate surface area is 139 Å². The molecule has 6 nitrogen and oxygen atoms in total. The Hall–Kier alpha value is -2.52. The molecule has 0 saturated carbocycles.